The molecule has 0 saturated carbocycles. The maximum atomic E-state index is 8.58. The Balaban J connectivity index is -0.0000000218. The first-order chi connectivity index (χ1) is 6.00. The normalized spacial score (nSPS) is 7.81. The molecule has 0 bridgehead atoms. The van der Waals surface area contributed by atoms with Crippen LogP contribution in [0.5, 0.6) is 0 Å². The first kappa shape index (κ1) is 36.0. The van der Waals surface area contributed by atoms with Crippen molar-refractivity contribution < 1.29 is 130 Å². The second kappa shape index (κ2) is 21.7. The predicted molar refractivity (Wildman–Crippen MR) is 24.9 cm³/mol. The standard InChI is InChI=1S/CH2O.Cu.K.Mn.H2O4S.H2O2.4O/c1-2;;;;1-5(2,3)4;1-2;;;;/h1H2;;;;(H2,1,2,3,4);1-2H;;;;/q;+2;+1;;;;;;;-1/p-2. The van der Waals surface area contributed by atoms with E-state index in [-0.39, 0.29) is 68.5 Å². The van der Waals surface area contributed by atoms with Crippen molar-refractivity contribution in [2.75, 3.05) is 0 Å². The van der Waals surface area contributed by atoms with Crippen LogP contribution in [0.2, 0.25) is 0 Å². The summed E-state index contributed by atoms with van der Waals surface area (Å²) in [7, 11) is -5.17. The number of hydrogen-bond acceptors (Lipinski definition) is 11. The van der Waals surface area contributed by atoms with Gasteiger partial charge in [0.1, 0.15) is 6.79 Å². The Labute approximate surface area is 145 Å². The summed E-state index contributed by atoms with van der Waals surface area (Å²) in [6.45, 7) is 2.00. The Hall–Kier alpha value is 1.50. The molecule has 0 aromatic carbocycles. The molecule has 0 unspecified atom stereocenters. The van der Waals surface area contributed by atoms with E-state index >= 15 is 0 Å². The van der Waals surface area contributed by atoms with Gasteiger partial charge in [0.15, 0.2) is 0 Å². The van der Waals surface area contributed by atoms with Gasteiger partial charge in [-0.15, -0.1) is 0 Å². The number of carbonyl (C=O) groups excluding carboxylic acids is 1. The zero-order valence-corrected chi connectivity index (χ0v) is 13.4. The van der Waals surface area contributed by atoms with Gasteiger partial charge in [0.25, 0.3) is 0 Å². The van der Waals surface area contributed by atoms with Crippen LogP contribution >= 0.6 is 0 Å². The van der Waals surface area contributed by atoms with Gasteiger partial charge in [0.05, 0.1) is 0 Å². The van der Waals surface area contributed by atoms with E-state index < -0.39 is 23.4 Å². The van der Waals surface area contributed by atoms with Gasteiger partial charge in [0.2, 0.25) is 0 Å². The second-order valence-corrected chi connectivity index (χ2v) is 2.78. The van der Waals surface area contributed by atoms with Crippen LogP contribution in [0.25, 0.3) is 0 Å². The van der Waals surface area contributed by atoms with Crippen molar-refractivity contribution in [3.63, 3.8) is 0 Å². The van der Waals surface area contributed by atoms with E-state index in [1.165, 1.54) is 0 Å². The van der Waals surface area contributed by atoms with E-state index in [0.717, 1.165) is 0 Å². The first-order valence-corrected chi connectivity index (χ1v) is 5.03. The minimum absolute atomic E-state index is 0. The predicted octanol–water partition coefficient (Wildman–Crippen LogP) is -6.05. The Bertz CT molecular complexity index is 314. The second-order valence-electron chi connectivity index (χ2n) is 0.786. The van der Waals surface area contributed by atoms with E-state index in [1.807, 2.05) is 6.79 Å². The van der Waals surface area contributed by atoms with Gasteiger partial charge in [0, 0.05) is 10.4 Å². The molecular formula is CH4CuKMnO11S. The maximum absolute atomic E-state index is 8.58. The summed E-state index contributed by atoms with van der Waals surface area (Å²) in [5, 5.41) is 12.0. The van der Waals surface area contributed by atoms with E-state index in [9.17, 15) is 0 Å². The molecule has 0 heterocycles. The Morgan fingerprint density at radius 1 is 1.00 bits per heavy atom. The fourth-order valence-electron chi connectivity index (χ4n) is 0. The van der Waals surface area contributed by atoms with Gasteiger partial charge >= 0.3 is 97.1 Å². The summed E-state index contributed by atoms with van der Waals surface area (Å²) in [6.07, 6.45) is 0. The van der Waals surface area contributed by atoms with Crippen molar-refractivity contribution in [1.29, 1.82) is 0 Å². The third kappa shape index (κ3) is 1460. The Morgan fingerprint density at radius 3 is 1.00 bits per heavy atom. The molecule has 1 radical (unpaired) electrons. The van der Waals surface area contributed by atoms with Gasteiger partial charge in [-0.3, -0.25) is 18.9 Å². The molecule has 16 heavy (non-hydrogen) atoms. The Morgan fingerprint density at radius 2 is 1.00 bits per heavy atom. The molecule has 99 valence electrons. The van der Waals surface area contributed by atoms with Crippen LogP contribution in [0.15, 0.2) is 0 Å². The van der Waals surface area contributed by atoms with Crippen LogP contribution < -0.4 is 55.6 Å². The molecule has 0 amide bonds. The molecule has 2 N–H and O–H groups in total. The van der Waals surface area contributed by atoms with Crippen LogP contribution in [0, 0.1) is 0 Å². The number of carbonyl (C=O) groups is 1. The van der Waals surface area contributed by atoms with Gasteiger partial charge in [-0.1, -0.05) is 0 Å². The van der Waals surface area contributed by atoms with Crippen LogP contribution in [-0.4, -0.2) is 34.8 Å². The molecule has 0 aliphatic heterocycles. The molecule has 15 heteroatoms. The fourth-order valence-corrected chi connectivity index (χ4v) is 0. The van der Waals surface area contributed by atoms with Gasteiger partial charge in [-0.2, -0.15) is 0 Å². The van der Waals surface area contributed by atoms with Crippen molar-refractivity contribution in [2.45, 2.75) is 0 Å². The van der Waals surface area contributed by atoms with Crippen molar-refractivity contribution in [3.8, 4) is 0 Å². The molecule has 0 aromatic heterocycles. The zero-order valence-electron chi connectivity index (χ0n) is 7.36. The molecule has 0 aliphatic rings. The summed E-state index contributed by atoms with van der Waals surface area (Å²) in [6, 6.07) is 0. The minimum atomic E-state index is -5.62. The zero-order chi connectivity index (χ0) is 13.0. The third-order valence-electron chi connectivity index (χ3n) is 0. The van der Waals surface area contributed by atoms with Crippen LogP contribution in [0.3, 0.4) is 0 Å². The summed E-state index contributed by atoms with van der Waals surface area (Å²) in [5.41, 5.74) is 0. The van der Waals surface area contributed by atoms with Crippen LogP contribution in [0.4, 0.5) is 0 Å². The molecule has 0 fully saturated rings. The third-order valence-corrected chi connectivity index (χ3v) is 0. The molecule has 0 aliphatic carbocycles. The van der Waals surface area contributed by atoms with Crippen molar-refractivity contribution in [2.24, 2.45) is 0 Å². The van der Waals surface area contributed by atoms with Gasteiger partial charge in [-0.25, -0.2) is 0 Å². The average Bonchev–Trinajstić information content (AvgIpc) is 1.88. The molecule has 0 spiro atoms. The molecule has 0 aromatic rings. The Kier molecular flexibility index (Phi) is 49.0. The number of hydrogen-bond donors (Lipinski definition) is 2. The average molecular weight is 382 g/mol. The summed E-state index contributed by atoms with van der Waals surface area (Å²) in [5.74, 6) is 0. The quantitative estimate of drug-likeness (QED) is 0.132. The summed E-state index contributed by atoms with van der Waals surface area (Å²) < 4.78 is 68.4. The molecule has 0 saturated heterocycles. The molecule has 0 atom stereocenters. The van der Waals surface area contributed by atoms with Crippen LogP contribution in [0.1, 0.15) is 0 Å². The number of rotatable bonds is 0. The van der Waals surface area contributed by atoms with Gasteiger partial charge in [-0.05, 0) is 0 Å². The molecule has 0 rings (SSSR count). The fraction of sp³-hybridized carbons (Fsp3) is 0. The SMILES string of the molecule is C=O.O=S(=O)([O-])[O-].OO.[Cu+2].[K+].[O]=[Mn](=[O])(=[O])[O-]. The van der Waals surface area contributed by atoms with E-state index in [0.29, 0.717) is 0 Å². The van der Waals surface area contributed by atoms with Crippen LogP contribution in [-0.2, 0) is 56.7 Å². The molecular weight excluding hydrogens is 378 g/mol. The van der Waals surface area contributed by atoms with Crippen molar-refractivity contribution >= 4 is 17.2 Å². The summed E-state index contributed by atoms with van der Waals surface area (Å²) in [4.78, 5) is 8.00. The van der Waals surface area contributed by atoms with Gasteiger partial charge < -0.3 is 13.9 Å². The van der Waals surface area contributed by atoms with E-state index in [2.05, 4.69) is 0 Å². The first-order valence-electron chi connectivity index (χ1n) is 1.77. The van der Waals surface area contributed by atoms with E-state index in [1.54, 1.807) is 0 Å². The summed E-state index contributed by atoms with van der Waals surface area (Å²) >= 11 is -5.62. The van der Waals surface area contributed by atoms with E-state index in [4.69, 9.17) is 48.5 Å². The molecule has 11 nitrogen and oxygen atoms in total. The topological polar surface area (TPSA) is 212 Å². The monoisotopic (exact) mass is 381 g/mol. The van der Waals surface area contributed by atoms with Crippen molar-refractivity contribution in [1.82, 2.24) is 0 Å². The van der Waals surface area contributed by atoms with Crippen molar-refractivity contribution in [3.05, 3.63) is 0 Å².